The number of amides is 2. The van der Waals surface area contributed by atoms with E-state index >= 15 is 0 Å². The van der Waals surface area contributed by atoms with Crippen LogP contribution in [0.4, 0.5) is 4.79 Å². The lowest BCUT2D eigenvalue weighted by molar-refractivity contribution is -0.137. The van der Waals surface area contributed by atoms with Gasteiger partial charge in [0.1, 0.15) is 12.6 Å². The summed E-state index contributed by atoms with van der Waals surface area (Å²) in [4.78, 5) is 36.5. The van der Waals surface area contributed by atoms with Crippen molar-refractivity contribution in [3.05, 3.63) is 77.1 Å². The summed E-state index contributed by atoms with van der Waals surface area (Å²) in [5.74, 6) is -1.66. The number of benzene rings is 2. The number of carboxylic acid groups (broad SMARTS) is 1. The van der Waals surface area contributed by atoms with Crippen molar-refractivity contribution in [3.8, 4) is 11.1 Å². The van der Waals surface area contributed by atoms with E-state index in [4.69, 9.17) is 9.84 Å². The van der Waals surface area contributed by atoms with Crippen LogP contribution in [-0.4, -0.2) is 45.5 Å². The first-order valence-corrected chi connectivity index (χ1v) is 11.4. The average molecular weight is 477 g/mol. The Morgan fingerprint density at radius 1 is 1.09 bits per heavy atom. The van der Waals surface area contributed by atoms with Crippen LogP contribution in [-0.2, 0) is 27.9 Å². The normalized spacial score (nSPS) is 13.0. The fraction of sp³-hybridized carbons (Fsp3) is 0.308. The monoisotopic (exact) mass is 476 g/mol. The van der Waals surface area contributed by atoms with Crippen LogP contribution in [0.1, 0.15) is 41.1 Å². The molecule has 0 saturated carbocycles. The van der Waals surface area contributed by atoms with E-state index in [1.54, 1.807) is 17.9 Å². The first kappa shape index (κ1) is 24.0. The van der Waals surface area contributed by atoms with E-state index in [1.165, 1.54) is 0 Å². The van der Waals surface area contributed by atoms with Crippen LogP contribution < -0.4 is 10.6 Å². The minimum absolute atomic E-state index is 0.0598. The molecule has 1 aliphatic rings. The molecule has 1 aliphatic carbocycles. The van der Waals surface area contributed by atoms with Gasteiger partial charge in [-0.2, -0.15) is 5.10 Å². The van der Waals surface area contributed by atoms with Gasteiger partial charge in [-0.15, -0.1) is 0 Å². The third-order valence-electron chi connectivity index (χ3n) is 6.30. The van der Waals surface area contributed by atoms with Gasteiger partial charge in [-0.3, -0.25) is 14.3 Å². The fourth-order valence-electron chi connectivity index (χ4n) is 4.44. The van der Waals surface area contributed by atoms with Gasteiger partial charge in [-0.1, -0.05) is 48.5 Å². The number of nitrogens with one attached hydrogen (secondary N) is 2. The fourth-order valence-corrected chi connectivity index (χ4v) is 4.44. The summed E-state index contributed by atoms with van der Waals surface area (Å²) in [6, 6.07) is 14.9. The highest BCUT2D eigenvalue weighted by molar-refractivity contribution is 5.86. The van der Waals surface area contributed by atoms with Gasteiger partial charge in [-0.25, -0.2) is 4.79 Å². The van der Waals surface area contributed by atoms with Crippen molar-refractivity contribution >= 4 is 18.0 Å². The lowest BCUT2D eigenvalue weighted by Gasteiger charge is -2.19. The van der Waals surface area contributed by atoms with Crippen molar-refractivity contribution in [2.24, 2.45) is 7.05 Å². The molecule has 9 nitrogen and oxygen atoms in total. The quantitative estimate of drug-likeness (QED) is 0.436. The summed E-state index contributed by atoms with van der Waals surface area (Å²) in [7, 11) is 1.77. The summed E-state index contributed by atoms with van der Waals surface area (Å²) >= 11 is 0. The molecule has 1 heterocycles. The zero-order chi connectivity index (χ0) is 24.9. The molecule has 1 aromatic heterocycles. The molecule has 0 saturated heterocycles. The number of alkyl carbamates (subject to hydrolysis) is 1. The van der Waals surface area contributed by atoms with Gasteiger partial charge in [0, 0.05) is 19.4 Å². The average Bonchev–Trinajstić information content (AvgIpc) is 3.34. The van der Waals surface area contributed by atoms with Gasteiger partial charge in [0.25, 0.3) is 0 Å². The first-order chi connectivity index (χ1) is 16.8. The second-order valence-corrected chi connectivity index (χ2v) is 8.57. The van der Waals surface area contributed by atoms with E-state index in [0.717, 1.165) is 33.5 Å². The maximum Gasteiger partial charge on any atom is 0.407 e. The van der Waals surface area contributed by atoms with Gasteiger partial charge in [-0.05, 0) is 41.2 Å². The van der Waals surface area contributed by atoms with Crippen LogP contribution in [0.3, 0.4) is 0 Å². The Balaban J connectivity index is 1.40. The number of nitrogens with zero attached hydrogens (tertiary/aromatic N) is 2. The molecule has 9 heteroatoms. The number of aromatic nitrogens is 2. The molecule has 3 aromatic rings. The van der Waals surface area contributed by atoms with Crippen LogP contribution in [0.2, 0.25) is 0 Å². The van der Waals surface area contributed by atoms with Crippen molar-refractivity contribution in [1.82, 2.24) is 20.4 Å². The third-order valence-corrected chi connectivity index (χ3v) is 6.30. The molecule has 0 bridgehead atoms. The molecule has 1 atom stereocenters. The van der Waals surface area contributed by atoms with Gasteiger partial charge in [0.15, 0.2) is 0 Å². The SMILES string of the molecule is Cc1cnn(C)c1CNC(=O)C(CCC(=O)O)NC(=O)OCC1c2ccccc2-c2ccccc21. The van der Waals surface area contributed by atoms with E-state index in [-0.39, 0.29) is 31.9 Å². The summed E-state index contributed by atoms with van der Waals surface area (Å²) in [5, 5.41) is 18.5. The Hall–Kier alpha value is -4.14. The predicted octanol–water partition coefficient (Wildman–Crippen LogP) is 3.12. The van der Waals surface area contributed by atoms with E-state index in [0.29, 0.717) is 0 Å². The second-order valence-electron chi connectivity index (χ2n) is 8.57. The predicted molar refractivity (Wildman–Crippen MR) is 129 cm³/mol. The number of ether oxygens (including phenoxy) is 1. The van der Waals surface area contributed by atoms with Gasteiger partial charge in [0.2, 0.25) is 5.91 Å². The van der Waals surface area contributed by atoms with Crippen molar-refractivity contribution in [2.75, 3.05) is 6.61 Å². The van der Waals surface area contributed by atoms with E-state index in [9.17, 15) is 14.4 Å². The molecular formula is C26H28N4O5. The highest BCUT2D eigenvalue weighted by atomic mass is 16.5. The molecule has 0 radical (unpaired) electrons. The molecular weight excluding hydrogens is 448 g/mol. The zero-order valence-electron chi connectivity index (χ0n) is 19.7. The summed E-state index contributed by atoms with van der Waals surface area (Å²) in [6.07, 6.45) is 0.592. The molecule has 3 N–H and O–H groups in total. The Morgan fingerprint density at radius 2 is 1.71 bits per heavy atom. The maximum absolute atomic E-state index is 12.8. The van der Waals surface area contributed by atoms with Gasteiger partial charge in [0.05, 0.1) is 18.4 Å². The summed E-state index contributed by atoms with van der Waals surface area (Å²) in [5.41, 5.74) is 6.11. The number of carbonyl (C=O) groups is 3. The van der Waals surface area contributed by atoms with E-state index in [1.807, 2.05) is 55.5 Å². The smallest absolute Gasteiger partial charge is 0.407 e. The number of carbonyl (C=O) groups excluding carboxylic acids is 2. The molecule has 35 heavy (non-hydrogen) atoms. The molecule has 4 rings (SSSR count). The minimum atomic E-state index is -1.06. The minimum Gasteiger partial charge on any atom is -0.481 e. The molecule has 0 aliphatic heterocycles. The second kappa shape index (κ2) is 10.4. The molecule has 2 amide bonds. The standard InChI is InChI=1S/C26H28N4O5/c1-16-13-28-30(2)23(16)14-27-25(33)22(11-12-24(31)32)29-26(34)35-15-21-19-9-5-3-7-17(19)18-8-4-6-10-20(18)21/h3-10,13,21-22H,11-12,14-15H2,1-2H3,(H,27,33)(H,29,34)(H,31,32). The summed E-state index contributed by atoms with van der Waals surface area (Å²) in [6.45, 7) is 2.18. The van der Waals surface area contributed by atoms with Crippen molar-refractivity contribution < 1.29 is 24.2 Å². The molecule has 182 valence electrons. The lowest BCUT2D eigenvalue weighted by atomic mass is 9.98. The van der Waals surface area contributed by atoms with Crippen LogP contribution in [0, 0.1) is 6.92 Å². The van der Waals surface area contributed by atoms with Crippen LogP contribution >= 0.6 is 0 Å². The Labute approximate surface area is 203 Å². The van der Waals surface area contributed by atoms with Crippen molar-refractivity contribution in [2.45, 2.75) is 38.3 Å². The Kier molecular flexibility index (Phi) is 7.14. The Morgan fingerprint density at radius 3 is 2.29 bits per heavy atom. The molecule has 0 spiro atoms. The first-order valence-electron chi connectivity index (χ1n) is 11.4. The number of hydrogen-bond acceptors (Lipinski definition) is 5. The number of aryl methyl sites for hydroxylation is 2. The number of fused-ring (bicyclic) bond motifs is 3. The molecule has 1 unspecified atom stereocenters. The zero-order valence-corrected chi connectivity index (χ0v) is 19.7. The maximum atomic E-state index is 12.8. The van der Waals surface area contributed by atoms with E-state index < -0.39 is 24.0 Å². The number of carboxylic acids is 1. The number of aliphatic carboxylic acids is 1. The molecule has 2 aromatic carbocycles. The number of rotatable bonds is 9. The van der Waals surface area contributed by atoms with Crippen LogP contribution in [0.15, 0.2) is 54.7 Å². The largest absolute Gasteiger partial charge is 0.481 e. The van der Waals surface area contributed by atoms with E-state index in [2.05, 4.69) is 15.7 Å². The Bertz CT molecular complexity index is 1190. The van der Waals surface area contributed by atoms with Crippen LogP contribution in [0.5, 0.6) is 0 Å². The lowest BCUT2D eigenvalue weighted by Crippen LogP contribution is -2.47. The topological polar surface area (TPSA) is 123 Å². The van der Waals surface area contributed by atoms with Gasteiger partial charge >= 0.3 is 12.1 Å². The highest BCUT2D eigenvalue weighted by Gasteiger charge is 2.30. The van der Waals surface area contributed by atoms with Gasteiger partial charge < -0.3 is 20.5 Å². The number of hydrogen-bond donors (Lipinski definition) is 3. The summed E-state index contributed by atoms with van der Waals surface area (Å²) < 4.78 is 7.18. The van der Waals surface area contributed by atoms with Crippen LogP contribution in [0.25, 0.3) is 11.1 Å². The third kappa shape index (κ3) is 5.34. The van der Waals surface area contributed by atoms with Crippen molar-refractivity contribution in [3.63, 3.8) is 0 Å². The molecule has 0 fully saturated rings. The highest BCUT2D eigenvalue weighted by Crippen LogP contribution is 2.44. The van der Waals surface area contributed by atoms with Crippen molar-refractivity contribution in [1.29, 1.82) is 0 Å².